The van der Waals surface area contributed by atoms with Gasteiger partial charge in [-0.3, -0.25) is 64.8 Å². The molecule has 4 aromatic carbocycles. The number of aromatic amines is 4. The van der Waals surface area contributed by atoms with E-state index in [0.29, 0.717) is 102 Å². The van der Waals surface area contributed by atoms with E-state index in [0.717, 1.165) is 21.8 Å². The standard InChI is InChI=1S/C78H110N26O9/c1-3-44(2)65(74(113)99-60(31-15-19-35-92-78(87)88)68(107)100-61(66(80)105)36-45-40-93-54-25-8-4-20-49(45)54)104-73(112)64(39-48-43-96-57-28-11-7-23-52(48)57)102-70(109)59(30-14-18-34-91-77(85)86)98-71(110)62(37-46-41-94-55-26-9-5-21-50(46)55)103-72(111)63(38-47-42-95-56-27-10-6-22-51(47)56)101-69(108)58(29-13-17-33-90-76(83)84)97-67(106)53(79)24-12-16-32-89-75(81)82/h4-11,20-23,25-28,40-44,53,58-65,93-96H,3,12-19,24,29-39,79H2,1-2H3,(H2,80,105)(H,97,106)(H,98,110)(H,99,113)(H,100,107)(H,101,108)(H,102,109)(H,103,111)(H,104,112)(H4,81,82,89)(H4,83,84,90)(H4,85,86,91)(H4,87,88,92)/t44-,53-,58-,59-,60-,61-,62-,63-,64-,65-/m0/s1. The van der Waals surface area contributed by atoms with Crippen molar-refractivity contribution in [2.75, 3.05) is 26.2 Å². The fraction of sp³-hybridized carbons (Fsp3) is 0.423. The summed E-state index contributed by atoms with van der Waals surface area (Å²) in [6, 6.07) is 17.3. The van der Waals surface area contributed by atoms with Crippen molar-refractivity contribution in [2.24, 2.45) is 40.3 Å². The molecule has 606 valence electrons. The molecule has 113 heavy (non-hydrogen) atoms. The van der Waals surface area contributed by atoms with Gasteiger partial charge in [-0.2, -0.15) is 0 Å². The van der Waals surface area contributed by atoms with Crippen LogP contribution in [0.25, 0.3) is 43.6 Å². The first-order valence-corrected chi connectivity index (χ1v) is 38.3. The Balaban J connectivity index is 1.10. The maximum absolute atomic E-state index is 15.7. The van der Waals surface area contributed by atoms with Crippen LogP contribution in [0.1, 0.15) is 120 Å². The molecule has 0 aliphatic heterocycles. The SMILES string of the molecule is CC[C@H](C)[C@H](NC(=O)[C@H](Cc1c[nH]c2ccccc12)NC(=O)[C@H](CCCCNC(=N)N)NC(=O)[C@H](Cc1c[nH]c2ccccc12)NC(=O)[C@H](Cc1c[nH]c2ccccc12)NC(=O)[C@H](CCCCNC(=N)N)NC(=O)[C@@H](N)CCCCNC(=N)N)C(=O)N[C@@H](CCCCNC(=N)N)C(=O)N[C@@H](Cc1c[nH]c2ccccc12)C(N)=O. The van der Waals surface area contributed by atoms with Gasteiger partial charge in [0.25, 0.3) is 0 Å². The van der Waals surface area contributed by atoms with Gasteiger partial charge >= 0.3 is 0 Å². The van der Waals surface area contributed by atoms with E-state index >= 15 is 24.0 Å². The molecule has 0 bridgehead atoms. The molecule has 0 aliphatic carbocycles. The zero-order chi connectivity index (χ0) is 81.5. The van der Waals surface area contributed by atoms with Gasteiger partial charge in [-0.05, 0) is 129 Å². The van der Waals surface area contributed by atoms with Gasteiger partial charge in [0.05, 0.1) is 6.04 Å². The number of hydrogen-bond donors (Lipinski definition) is 26. The predicted molar refractivity (Wildman–Crippen MR) is 435 cm³/mol. The van der Waals surface area contributed by atoms with Gasteiger partial charge in [0.1, 0.15) is 48.3 Å². The second kappa shape index (κ2) is 43.1. The molecule has 10 atom stereocenters. The second-order valence-electron chi connectivity index (χ2n) is 28.4. The van der Waals surface area contributed by atoms with Crippen LogP contribution in [0.3, 0.4) is 0 Å². The molecular weight excluding hydrogens is 1450 g/mol. The van der Waals surface area contributed by atoms with Crippen LogP contribution in [0.2, 0.25) is 0 Å². The minimum atomic E-state index is -1.50. The van der Waals surface area contributed by atoms with Gasteiger partial charge in [-0.15, -0.1) is 0 Å². The van der Waals surface area contributed by atoms with Crippen molar-refractivity contribution in [3.63, 3.8) is 0 Å². The lowest BCUT2D eigenvalue weighted by atomic mass is 9.96. The Kier molecular flexibility index (Phi) is 32.7. The Hall–Kier alpha value is -12.7. The highest BCUT2D eigenvalue weighted by molar-refractivity contribution is 6.00. The van der Waals surface area contributed by atoms with E-state index in [4.69, 9.17) is 56.0 Å². The number of carbonyl (C=O) groups is 9. The zero-order valence-corrected chi connectivity index (χ0v) is 63.8. The number of unbranched alkanes of at least 4 members (excludes halogenated alkanes) is 4. The Bertz CT molecular complexity index is 4600. The highest BCUT2D eigenvalue weighted by Crippen LogP contribution is 2.25. The zero-order valence-electron chi connectivity index (χ0n) is 63.8. The molecule has 9 amide bonds. The number of nitrogens with one attached hydrogen (secondary N) is 20. The van der Waals surface area contributed by atoms with E-state index in [2.05, 4.69) is 83.7 Å². The highest BCUT2D eigenvalue weighted by Gasteiger charge is 2.38. The second-order valence-corrected chi connectivity index (χ2v) is 28.4. The van der Waals surface area contributed by atoms with Crippen molar-refractivity contribution in [3.05, 3.63) is 144 Å². The van der Waals surface area contributed by atoms with Crippen LogP contribution < -0.4 is 98.2 Å². The highest BCUT2D eigenvalue weighted by atomic mass is 16.2. The number of aromatic nitrogens is 4. The van der Waals surface area contributed by atoms with Gasteiger partial charge in [0.15, 0.2) is 23.8 Å². The van der Waals surface area contributed by atoms with Gasteiger partial charge < -0.3 is 118 Å². The number of benzene rings is 4. The summed E-state index contributed by atoms with van der Waals surface area (Å²) < 4.78 is 0. The van der Waals surface area contributed by atoms with Crippen molar-refractivity contribution in [1.29, 1.82) is 21.6 Å². The average molecular weight is 1560 g/mol. The molecule has 0 aliphatic rings. The number of carbonyl (C=O) groups excluding carboxylic acids is 9. The van der Waals surface area contributed by atoms with Crippen LogP contribution in [0.5, 0.6) is 0 Å². The number of rotatable bonds is 47. The number of H-pyrrole nitrogens is 4. The number of guanidine groups is 4. The summed E-state index contributed by atoms with van der Waals surface area (Å²) in [5.74, 6) is -8.65. The van der Waals surface area contributed by atoms with E-state index in [-0.39, 0.29) is 101 Å². The summed E-state index contributed by atoms with van der Waals surface area (Å²) in [4.78, 5) is 147. The van der Waals surface area contributed by atoms with Gasteiger partial charge in [-0.1, -0.05) is 93.1 Å². The summed E-state index contributed by atoms with van der Waals surface area (Å²) in [6.45, 7) is 4.68. The van der Waals surface area contributed by atoms with E-state index in [1.54, 1.807) is 31.7 Å². The molecule has 0 radical (unpaired) electrons. The average Bonchev–Trinajstić information content (AvgIpc) is 1.75. The van der Waals surface area contributed by atoms with Crippen LogP contribution >= 0.6 is 0 Å². The molecule has 35 heteroatoms. The summed E-state index contributed by atoms with van der Waals surface area (Å²) in [6.07, 6.45) is 10.0. The first kappa shape index (κ1) is 85.9. The molecule has 0 unspecified atom stereocenters. The van der Waals surface area contributed by atoms with Crippen molar-refractivity contribution in [2.45, 2.75) is 177 Å². The Morgan fingerprint density at radius 2 is 0.593 bits per heavy atom. The number of para-hydroxylation sites is 4. The largest absolute Gasteiger partial charge is 0.370 e. The monoisotopic (exact) mass is 1550 g/mol. The molecule has 4 heterocycles. The number of amides is 9. The lowest BCUT2D eigenvalue weighted by Gasteiger charge is -2.30. The van der Waals surface area contributed by atoms with E-state index in [9.17, 15) is 19.2 Å². The molecular formula is C78H110N26O9. The Labute approximate surface area is 654 Å². The smallest absolute Gasteiger partial charge is 0.243 e. The number of fused-ring (bicyclic) bond motifs is 4. The third kappa shape index (κ3) is 26.2. The fourth-order valence-corrected chi connectivity index (χ4v) is 13.5. The summed E-state index contributed by atoms with van der Waals surface area (Å²) >= 11 is 0. The lowest BCUT2D eigenvalue weighted by molar-refractivity contribution is -0.136. The van der Waals surface area contributed by atoms with Gasteiger partial charge in [0, 0.05) is 120 Å². The fourth-order valence-electron chi connectivity index (χ4n) is 13.5. The van der Waals surface area contributed by atoms with E-state index < -0.39 is 113 Å². The molecule has 0 saturated heterocycles. The Morgan fingerprint density at radius 3 is 0.903 bits per heavy atom. The van der Waals surface area contributed by atoms with Crippen molar-refractivity contribution in [1.82, 2.24) is 83.7 Å². The lowest BCUT2D eigenvalue weighted by Crippen LogP contribution is -2.61. The third-order valence-corrected chi connectivity index (χ3v) is 19.9. The minimum Gasteiger partial charge on any atom is -0.370 e. The summed E-state index contributed by atoms with van der Waals surface area (Å²) in [5.41, 5.74) is 40.0. The van der Waals surface area contributed by atoms with E-state index in [1.165, 1.54) is 0 Å². The van der Waals surface area contributed by atoms with Gasteiger partial charge in [0.2, 0.25) is 53.2 Å². The maximum atomic E-state index is 15.7. The quantitative estimate of drug-likeness (QED) is 0.0145. The third-order valence-electron chi connectivity index (χ3n) is 19.9. The predicted octanol–water partition coefficient (Wildman–Crippen LogP) is 1.23. The summed E-state index contributed by atoms with van der Waals surface area (Å²) in [5, 5.41) is 67.5. The van der Waals surface area contributed by atoms with Gasteiger partial charge in [-0.25, -0.2) is 0 Å². The first-order chi connectivity index (χ1) is 54.3. The minimum absolute atomic E-state index is 0.0153. The van der Waals surface area contributed by atoms with Crippen LogP contribution in [-0.2, 0) is 68.8 Å². The molecule has 35 nitrogen and oxygen atoms in total. The molecule has 0 spiro atoms. The molecule has 32 N–H and O–H groups in total. The van der Waals surface area contributed by atoms with Crippen LogP contribution in [0.4, 0.5) is 0 Å². The number of hydrogen-bond acceptors (Lipinski definition) is 14. The van der Waals surface area contributed by atoms with E-state index in [1.807, 2.05) is 104 Å². The van der Waals surface area contributed by atoms with Crippen molar-refractivity contribution >= 4 is 121 Å². The summed E-state index contributed by atoms with van der Waals surface area (Å²) in [7, 11) is 0. The normalized spacial score (nSPS) is 13.9. The van der Waals surface area contributed by atoms with Crippen LogP contribution in [0, 0.1) is 27.6 Å². The maximum Gasteiger partial charge on any atom is 0.243 e. The number of primary amides is 1. The molecule has 0 saturated carbocycles. The Morgan fingerprint density at radius 1 is 0.336 bits per heavy atom. The topological polar surface area (TPSA) is 613 Å². The molecule has 4 aromatic heterocycles. The van der Waals surface area contributed by atoms with Crippen LogP contribution in [-0.4, -0.2) is 177 Å². The molecule has 0 fully saturated rings. The van der Waals surface area contributed by atoms with Crippen molar-refractivity contribution in [3.8, 4) is 0 Å². The molecule has 8 aromatic rings. The van der Waals surface area contributed by atoms with Crippen molar-refractivity contribution < 1.29 is 43.2 Å². The van der Waals surface area contributed by atoms with Crippen LogP contribution in [0.15, 0.2) is 122 Å². The first-order valence-electron chi connectivity index (χ1n) is 38.3. The number of nitrogens with two attached hydrogens (primary N) is 6. The molecule has 8 rings (SSSR count).